The molecule has 4 heteroatoms. The Bertz CT molecular complexity index is 600. The van der Waals surface area contributed by atoms with Gasteiger partial charge in [-0.25, -0.2) is 4.79 Å². The Morgan fingerprint density at radius 2 is 1.83 bits per heavy atom. The van der Waals surface area contributed by atoms with Crippen LogP contribution in [0.5, 0.6) is 5.75 Å². The number of nitrogens with zero attached hydrogens (tertiary/aromatic N) is 1. The minimum absolute atomic E-state index is 0.170. The van der Waals surface area contributed by atoms with Crippen molar-refractivity contribution in [3.05, 3.63) is 40.2 Å². The molecule has 18 heavy (non-hydrogen) atoms. The Balaban J connectivity index is 2.56. The first kappa shape index (κ1) is 12.6. The molecule has 4 nitrogen and oxygen atoms in total. The normalized spacial score (nSPS) is 11.3. The van der Waals surface area contributed by atoms with E-state index in [9.17, 15) is 9.90 Å². The molecular formula is C14H17NO3. The topological polar surface area (TPSA) is 53.7 Å². The zero-order valence-corrected chi connectivity index (χ0v) is 10.6. The van der Waals surface area contributed by atoms with Crippen molar-refractivity contribution in [2.45, 2.75) is 20.4 Å². The summed E-state index contributed by atoms with van der Waals surface area (Å²) in [4.78, 5) is 13.5. The van der Waals surface area contributed by atoms with E-state index < -0.39 is 5.63 Å². The Kier molecular flexibility index (Phi) is 3.67. The fourth-order valence-corrected chi connectivity index (χ4v) is 2.00. The van der Waals surface area contributed by atoms with E-state index in [4.69, 9.17) is 4.42 Å². The van der Waals surface area contributed by atoms with E-state index in [1.807, 2.05) is 0 Å². The highest BCUT2D eigenvalue weighted by molar-refractivity contribution is 5.81. The molecule has 0 fully saturated rings. The van der Waals surface area contributed by atoms with Gasteiger partial charge >= 0.3 is 5.63 Å². The zero-order chi connectivity index (χ0) is 13.1. The number of aromatic hydroxyl groups is 1. The molecule has 0 bridgehead atoms. The second kappa shape index (κ2) is 5.23. The molecule has 0 aliphatic carbocycles. The summed E-state index contributed by atoms with van der Waals surface area (Å²) in [6, 6.07) is 6.49. The largest absolute Gasteiger partial charge is 0.507 e. The lowest BCUT2D eigenvalue weighted by Crippen LogP contribution is -2.22. The van der Waals surface area contributed by atoms with Crippen LogP contribution in [0.1, 0.15) is 19.4 Å². The van der Waals surface area contributed by atoms with Gasteiger partial charge in [-0.15, -0.1) is 0 Å². The Labute approximate surface area is 105 Å². The minimum atomic E-state index is -0.395. The maximum Gasteiger partial charge on any atom is 0.336 e. The predicted molar refractivity (Wildman–Crippen MR) is 70.8 cm³/mol. The maximum atomic E-state index is 11.3. The van der Waals surface area contributed by atoms with E-state index in [2.05, 4.69) is 18.7 Å². The van der Waals surface area contributed by atoms with Gasteiger partial charge in [-0.2, -0.15) is 0 Å². The van der Waals surface area contributed by atoms with Crippen LogP contribution in [0.25, 0.3) is 11.0 Å². The molecule has 1 heterocycles. The van der Waals surface area contributed by atoms with Gasteiger partial charge in [0.15, 0.2) is 0 Å². The molecule has 0 amide bonds. The van der Waals surface area contributed by atoms with Gasteiger partial charge in [-0.1, -0.05) is 13.8 Å². The average molecular weight is 247 g/mol. The van der Waals surface area contributed by atoms with Crippen LogP contribution < -0.4 is 5.63 Å². The van der Waals surface area contributed by atoms with Gasteiger partial charge in [0.1, 0.15) is 11.3 Å². The van der Waals surface area contributed by atoms with E-state index in [1.54, 1.807) is 18.2 Å². The van der Waals surface area contributed by atoms with Crippen LogP contribution in [-0.4, -0.2) is 23.1 Å². The number of phenolic OH excluding ortho intramolecular Hbond substituents is 1. The molecule has 0 saturated heterocycles. The molecule has 0 saturated carbocycles. The van der Waals surface area contributed by atoms with Gasteiger partial charge in [0.25, 0.3) is 0 Å². The minimum Gasteiger partial charge on any atom is -0.507 e. The molecule has 2 aromatic rings. The maximum absolute atomic E-state index is 11.3. The zero-order valence-electron chi connectivity index (χ0n) is 10.6. The highest BCUT2D eigenvalue weighted by Crippen LogP contribution is 2.27. The summed E-state index contributed by atoms with van der Waals surface area (Å²) < 4.78 is 5.22. The van der Waals surface area contributed by atoms with Crippen LogP contribution in [0.2, 0.25) is 0 Å². The molecule has 1 aromatic carbocycles. The fraction of sp³-hybridized carbons (Fsp3) is 0.357. The first-order valence-corrected chi connectivity index (χ1v) is 6.12. The standard InChI is InChI=1S/C14H17NO3/c1-3-15(4-2)9-11-12(16)7-5-10-6-8-13(17)18-14(10)11/h5-8,16H,3-4,9H2,1-2H3. The second-order valence-corrected chi connectivity index (χ2v) is 4.20. The predicted octanol–water partition coefficient (Wildman–Crippen LogP) is 2.34. The summed E-state index contributed by atoms with van der Waals surface area (Å²) in [5.74, 6) is 0.170. The average Bonchev–Trinajstić information content (AvgIpc) is 2.38. The Hall–Kier alpha value is -1.81. The van der Waals surface area contributed by atoms with Crippen molar-refractivity contribution in [2.24, 2.45) is 0 Å². The van der Waals surface area contributed by atoms with Gasteiger partial charge in [0, 0.05) is 18.0 Å². The number of rotatable bonds is 4. The van der Waals surface area contributed by atoms with E-state index in [-0.39, 0.29) is 5.75 Å². The summed E-state index contributed by atoms with van der Waals surface area (Å²) in [6.07, 6.45) is 0. The lowest BCUT2D eigenvalue weighted by molar-refractivity contribution is 0.290. The fourth-order valence-electron chi connectivity index (χ4n) is 2.00. The number of benzene rings is 1. The molecule has 0 radical (unpaired) electrons. The molecule has 0 unspecified atom stereocenters. The van der Waals surface area contributed by atoms with Crippen LogP contribution in [0.4, 0.5) is 0 Å². The van der Waals surface area contributed by atoms with E-state index >= 15 is 0 Å². The monoisotopic (exact) mass is 247 g/mol. The second-order valence-electron chi connectivity index (χ2n) is 4.20. The van der Waals surface area contributed by atoms with Crippen molar-refractivity contribution in [3.8, 4) is 5.75 Å². The lowest BCUT2D eigenvalue weighted by Gasteiger charge is -2.19. The summed E-state index contributed by atoms with van der Waals surface area (Å²) in [6.45, 7) is 6.44. The van der Waals surface area contributed by atoms with Crippen LogP contribution >= 0.6 is 0 Å². The van der Waals surface area contributed by atoms with Crippen molar-refractivity contribution in [3.63, 3.8) is 0 Å². The van der Waals surface area contributed by atoms with Crippen molar-refractivity contribution < 1.29 is 9.52 Å². The van der Waals surface area contributed by atoms with E-state index in [1.165, 1.54) is 6.07 Å². The lowest BCUT2D eigenvalue weighted by atomic mass is 10.1. The molecule has 0 atom stereocenters. The molecule has 0 spiro atoms. The quantitative estimate of drug-likeness (QED) is 0.842. The van der Waals surface area contributed by atoms with Crippen molar-refractivity contribution in [1.82, 2.24) is 4.90 Å². The molecule has 0 aliphatic heterocycles. The molecule has 2 rings (SSSR count). The Morgan fingerprint density at radius 3 is 2.50 bits per heavy atom. The molecular weight excluding hydrogens is 230 g/mol. The van der Waals surface area contributed by atoms with Gasteiger partial charge in [0.05, 0.1) is 5.56 Å². The van der Waals surface area contributed by atoms with Gasteiger partial charge < -0.3 is 9.52 Å². The molecule has 1 N–H and O–H groups in total. The molecule has 0 aliphatic rings. The summed E-state index contributed by atoms with van der Waals surface area (Å²) in [5, 5.41) is 10.8. The Morgan fingerprint density at radius 1 is 1.17 bits per heavy atom. The van der Waals surface area contributed by atoms with Crippen LogP contribution in [0.3, 0.4) is 0 Å². The first-order chi connectivity index (χ1) is 8.65. The summed E-state index contributed by atoms with van der Waals surface area (Å²) >= 11 is 0. The smallest absolute Gasteiger partial charge is 0.336 e. The number of phenols is 1. The van der Waals surface area contributed by atoms with Gasteiger partial charge in [-0.05, 0) is 31.3 Å². The number of hydrogen-bond acceptors (Lipinski definition) is 4. The first-order valence-electron chi connectivity index (χ1n) is 6.12. The van der Waals surface area contributed by atoms with Crippen molar-refractivity contribution in [1.29, 1.82) is 0 Å². The van der Waals surface area contributed by atoms with Crippen molar-refractivity contribution >= 4 is 11.0 Å². The van der Waals surface area contributed by atoms with Crippen LogP contribution in [0.15, 0.2) is 33.5 Å². The number of fused-ring (bicyclic) bond motifs is 1. The molecule has 1 aromatic heterocycles. The summed E-state index contributed by atoms with van der Waals surface area (Å²) in [7, 11) is 0. The highest BCUT2D eigenvalue weighted by atomic mass is 16.4. The third-order valence-electron chi connectivity index (χ3n) is 3.14. The SMILES string of the molecule is CCN(CC)Cc1c(O)ccc2ccc(=O)oc12. The van der Waals surface area contributed by atoms with Gasteiger partial charge in [-0.3, -0.25) is 4.90 Å². The number of hydrogen-bond donors (Lipinski definition) is 1. The summed E-state index contributed by atoms with van der Waals surface area (Å²) in [5.41, 5.74) is 0.761. The highest BCUT2D eigenvalue weighted by Gasteiger charge is 2.12. The third-order valence-corrected chi connectivity index (χ3v) is 3.14. The van der Waals surface area contributed by atoms with Crippen LogP contribution in [0, 0.1) is 0 Å². The molecule has 96 valence electrons. The van der Waals surface area contributed by atoms with Gasteiger partial charge in [0.2, 0.25) is 0 Å². The third kappa shape index (κ3) is 2.38. The van der Waals surface area contributed by atoms with Crippen molar-refractivity contribution in [2.75, 3.05) is 13.1 Å². The van der Waals surface area contributed by atoms with E-state index in [0.717, 1.165) is 18.5 Å². The van der Waals surface area contributed by atoms with E-state index in [0.29, 0.717) is 17.7 Å². The van der Waals surface area contributed by atoms with Crippen LogP contribution in [-0.2, 0) is 6.54 Å².